The summed E-state index contributed by atoms with van der Waals surface area (Å²) >= 11 is 1.52. The predicted octanol–water partition coefficient (Wildman–Crippen LogP) is 4.71. The molecule has 0 spiro atoms. The van der Waals surface area contributed by atoms with Crippen LogP contribution in [0.1, 0.15) is 61.6 Å². The van der Waals surface area contributed by atoms with Gasteiger partial charge < -0.3 is 14.8 Å². The molecule has 2 fully saturated rings. The van der Waals surface area contributed by atoms with E-state index in [1.165, 1.54) is 11.8 Å². The van der Waals surface area contributed by atoms with Crippen LogP contribution in [0.2, 0.25) is 0 Å². The number of likely N-dealkylation sites (tertiary alicyclic amines) is 1. The molecule has 5 rings (SSSR count). The van der Waals surface area contributed by atoms with Crippen molar-refractivity contribution >= 4 is 40.3 Å². The summed E-state index contributed by atoms with van der Waals surface area (Å²) in [5.41, 5.74) is 3.03. The molecule has 4 heterocycles. The van der Waals surface area contributed by atoms with Gasteiger partial charge in [-0.2, -0.15) is 0 Å². The van der Waals surface area contributed by atoms with Gasteiger partial charge in [-0.3, -0.25) is 9.59 Å². The number of halogens is 1. The maximum Gasteiger partial charge on any atom is 0.255 e. The van der Waals surface area contributed by atoms with Gasteiger partial charge in [-0.25, -0.2) is 14.4 Å². The molecule has 1 N–H and O–H groups in total. The molecule has 37 heavy (non-hydrogen) atoms. The van der Waals surface area contributed by atoms with E-state index in [4.69, 9.17) is 0 Å². The molecule has 7 nitrogen and oxygen atoms in total. The first-order valence-electron chi connectivity index (χ1n) is 13.2. The van der Waals surface area contributed by atoms with Gasteiger partial charge >= 0.3 is 0 Å². The summed E-state index contributed by atoms with van der Waals surface area (Å²) < 4.78 is 15.6. The van der Waals surface area contributed by atoms with Crippen molar-refractivity contribution in [2.24, 2.45) is 16.8 Å². The number of carbonyl (C=O) groups excluding carboxylic acids is 2. The van der Waals surface area contributed by atoms with Crippen LogP contribution in [-0.4, -0.2) is 70.1 Å². The second-order valence-corrected chi connectivity index (χ2v) is 11.5. The molecule has 1 unspecified atom stereocenters. The first kappa shape index (κ1) is 26.1. The van der Waals surface area contributed by atoms with Crippen molar-refractivity contribution in [2.75, 3.05) is 25.9 Å². The number of aliphatic imine (C=N–C) groups is 1. The minimum absolute atomic E-state index is 0.180. The molecule has 2 aliphatic heterocycles. The molecule has 2 atom stereocenters. The quantitative estimate of drug-likeness (QED) is 0.566. The van der Waals surface area contributed by atoms with Gasteiger partial charge in [0, 0.05) is 46.5 Å². The lowest BCUT2D eigenvalue weighted by molar-refractivity contribution is -0.120. The molecule has 2 aromatic heterocycles. The average Bonchev–Trinajstić information content (AvgIpc) is 3.17. The van der Waals surface area contributed by atoms with Crippen LogP contribution in [0.3, 0.4) is 0 Å². The number of nitrogens with one attached hydrogen (secondary N) is 1. The van der Waals surface area contributed by atoms with E-state index in [0.29, 0.717) is 36.1 Å². The predicted molar refractivity (Wildman–Crippen MR) is 147 cm³/mol. The normalized spacial score (nSPS) is 26.0. The summed E-state index contributed by atoms with van der Waals surface area (Å²) in [5, 5.41) is 3.84. The molecular weight excluding hydrogens is 489 g/mol. The number of amides is 2. The Bertz CT molecular complexity index is 1260. The Hall–Kier alpha value is -2.52. The number of piperidine rings is 1. The Kier molecular flexibility index (Phi) is 7.54. The number of alkyl halides is 1. The second kappa shape index (κ2) is 10.7. The minimum atomic E-state index is -0.623. The lowest BCUT2D eigenvalue weighted by Gasteiger charge is -2.44. The van der Waals surface area contributed by atoms with Gasteiger partial charge in [-0.1, -0.05) is 0 Å². The molecule has 1 aliphatic carbocycles. The van der Waals surface area contributed by atoms with Crippen molar-refractivity contribution in [3.8, 4) is 0 Å². The van der Waals surface area contributed by atoms with Crippen molar-refractivity contribution in [1.82, 2.24) is 19.8 Å². The molecule has 3 aliphatic rings. The number of nitrogens with zero attached hydrogens (tertiary/aromatic N) is 4. The molecule has 2 amide bonds. The first-order chi connectivity index (χ1) is 17.8. The highest BCUT2D eigenvalue weighted by atomic mass is 32.2. The zero-order valence-corrected chi connectivity index (χ0v) is 22.9. The van der Waals surface area contributed by atoms with Crippen molar-refractivity contribution in [3.05, 3.63) is 40.6 Å². The average molecular weight is 526 g/mol. The van der Waals surface area contributed by atoms with Gasteiger partial charge in [0.25, 0.3) is 11.8 Å². The standard InChI is InChI=1S/C28H36FN5O2S/c1-16-12-24(37-4)23(27(35)32-16)15-31-28(36)25-18(3)34(26-22(25)6-5-9-30-26)17(2)19-7-10-33(11-8-19)21-13-20(29)14-21/h5-6,9,12,17,19-21,23H,7-8,10-11,13-15H2,1-4H3,(H,31,36)/t17-,20?,21?,23?/m1/s1. The van der Waals surface area contributed by atoms with Gasteiger partial charge in [0.05, 0.1) is 11.5 Å². The van der Waals surface area contributed by atoms with Crippen LogP contribution in [0.25, 0.3) is 11.0 Å². The highest BCUT2D eigenvalue weighted by Crippen LogP contribution is 2.37. The van der Waals surface area contributed by atoms with Crippen LogP contribution >= 0.6 is 11.8 Å². The van der Waals surface area contributed by atoms with E-state index in [0.717, 1.165) is 47.6 Å². The van der Waals surface area contributed by atoms with Gasteiger partial charge in [0.2, 0.25) is 0 Å². The highest BCUT2D eigenvalue weighted by molar-refractivity contribution is 8.02. The smallest absolute Gasteiger partial charge is 0.255 e. The Morgan fingerprint density at radius 3 is 2.68 bits per heavy atom. The molecule has 198 valence electrons. The number of fused-ring (bicyclic) bond motifs is 1. The molecule has 0 radical (unpaired) electrons. The molecular formula is C28H36FN5O2S. The highest BCUT2D eigenvalue weighted by Gasteiger charge is 2.37. The van der Waals surface area contributed by atoms with Gasteiger partial charge in [0.15, 0.2) is 0 Å². The summed E-state index contributed by atoms with van der Waals surface area (Å²) in [6.45, 7) is 8.22. The van der Waals surface area contributed by atoms with Gasteiger partial charge in [0.1, 0.15) is 11.8 Å². The molecule has 2 aromatic rings. The number of hydrogen-bond acceptors (Lipinski definition) is 5. The number of aromatic nitrogens is 2. The van der Waals surface area contributed by atoms with E-state index in [-0.39, 0.29) is 24.4 Å². The monoisotopic (exact) mass is 525 g/mol. The van der Waals surface area contributed by atoms with E-state index in [1.807, 2.05) is 38.3 Å². The van der Waals surface area contributed by atoms with Crippen LogP contribution in [0.5, 0.6) is 0 Å². The van der Waals surface area contributed by atoms with E-state index in [1.54, 1.807) is 6.20 Å². The molecule has 9 heteroatoms. The number of thioether (sulfide) groups is 1. The van der Waals surface area contributed by atoms with Crippen LogP contribution in [0.4, 0.5) is 4.39 Å². The fourth-order valence-electron chi connectivity index (χ4n) is 6.22. The number of pyridine rings is 1. The second-order valence-electron chi connectivity index (χ2n) is 10.6. The Morgan fingerprint density at radius 1 is 1.27 bits per heavy atom. The summed E-state index contributed by atoms with van der Waals surface area (Å²) in [6.07, 6.45) is 8.46. The first-order valence-corrected chi connectivity index (χ1v) is 14.5. The van der Waals surface area contributed by atoms with Crippen molar-refractivity contribution in [3.63, 3.8) is 0 Å². The third kappa shape index (κ3) is 5.00. The largest absolute Gasteiger partial charge is 0.351 e. The van der Waals surface area contributed by atoms with Crippen molar-refractivity contribution in [2.45, 2.75) is 64.7 Å². The molecule has 1 saturated carbocycles. The zero-order chi connectivity index (χ0) is 26.3. The van der Waals surface area contributed by atoms with Crippen molar-refractivity contribution in [1.29, 1.82) is 0 Å². The minimum Gasteiger partial charge on any atom is -0.351 e. The van der Waals surface area contributed by atoms with Gasteiger partial charge in [-0.15, -0.1) is 11.8 Å². The van der Waals surface area contributed by atoms with Crippen LogP contribution < -0.4 is 5.32 Å². The number of carbonyl (C=O) groups is 2. The summed E-state index contributed by atoms with van der Waals surface area (Å²) in [4.78, 5) is 38.2. The molecule has 0 aromatic carbocycles. The fourth-order valence-corrected chi connectivity index (χ4v) is 6.98. The fraction of sp³-hybridized carbons (Fsp3) is 0.571. The van der Waals surface area contributed by atoms with Crippen LogP contribution in [-0.2, 0) is 4.79 Å². The third-order valence-corrected chi connectivity index (χ3v) is 9.33. The molecule has 0 bridgehead atoms. The van der Waals surface area contributed by atoms with Crippen LogP contribution in [0, 0.1) is 18.8 Å². The summed E-state index contributed by atoms with van der Waals surface area (Å²) in [5.74, 6) is -0.405. The summed E-state index contributed by atoms with van der Waals surface area (Å²) in [7, 11) is 0. The SMILES string of the molecule is CSC1=CC(C)=NC(=O)C1CNC(=O)c1c(C)n([C@H](C)C2CCN(C3CC(F)C3)CC2)c2ncccc12. The lowest BCUT2D eigenvalue weighted by atomic mass is 9.84. The van der Waals surface area contributed by atoms with E-state index >= 15 is 0 Å². The maximum atomic E-state index is 13.5. The maximum absolute atomic E-state index is 13.5. The number of hydrogen-bond donors (Lipinski definition) is 1. The Balaban J connectivity index is 1.34. The number of dihydropyridines is 1. The number of allylic oxidation sites excluding steroid dienone is 1. The topological polar surface area (TPSA) is 79.6 Å². The zero-order valence-electron chi connectivity index (χ0n) is 22.0. The Morgan fingerprint density at radius 2 is 2.00 bits per heavy atom. The van der Waals surface area contributed by atoms with Gasteiger partial charge in [-0.05, 0) is 89.9 Å². The summed E-state index contributed by atoms with van der Waals surface area (Å²) in [6, 6.07) is 4.40. The lowest BCUT2D eigenvalue weighted by Crippen LogP contribution is -2.49. The van der Waals surface area contributed by atoms with Crippen molar-refractivity contribution < 1.29 is 14.0 Å². The number of rotatable bonds is 7. The Labute approximate surface area is 222 Å². The van der Waals surface area contributed by atoms with E-state index in [9.17, 15) is 14.0 Å². The molecule has 1 saturated heterocycles. The van der Waals surface area contributed by atoms with E-state index < -0.39 is 12.1 Å². The third-order valence-electron chi connectivity index (χ3n) is 8.45. The van der Waals surface area contributed by atoms with E-state index in [2.05, 4.69) is 31.7 Å². The van der Waals surface area contributed by atoms with Crippen LogP contribution in [0.15, 0.2) is 34.3 Å².